The summed E-state index contributed by atoms with van der Waals surface area (Å²) >= 11 is 0. The molecule has 2 aliphatic rings. The first-order chi connectivity index (χ1) is 12.7. The Bertz CT molecular complexity index is 734. The van der Waals surface area contributed by atoms with Crippen LogP contribution in [0, 0.1) is 0 Å². The lowest BCUT2D eigenvalue weighted by Gasteiger charge is -2.39. The molecule has 0 spiro atoms. The maximum absolute atomic E-state index is 12.3. The zero-order chi connectivity index (χ0) is 17.9. The van der Waals surface area contributed by atoms with Crippen LogP contribution in [0.5, 0.6) is 5.75 Å². The van der Waals surface area contributed by atoms with Gasteiger partial charge in [0, 0.05) is 30.4 Å². The zero-order valence-electron chi connectivity index (χ0n) is 14.8. The van der Waals surface area contributed by atoms with Gasteiger partial charge in [-0.15, -0.1) is 0 Å². The lowest BCUT2D eigenvalue weighted by molar-refractivity contribution is 0.112. The number of nitrogens with one attached hydrogen (secondary N) is 2. The van der Waals surface area contributed by atoms with E-state index in [9.17, 15) is 9.90 Å². The first-order valence-corrected chi connectivity index (χ1v) is 9.33. The van der Waals surface area contributed by atoms with Gasteiger partial charge in [0.1, 0.15) is 5.75 Å². The average Bonchev–Trinajstić information content (AvgIpc) is 2.87. The fraction of sp³-hybridized carbons (Fsp3) is 0.381. The normalized spacial score (nSPS) is 25.0. The number of carbonyl (C=O) groups excluding carboxylic acids is 1. The number of rotatable bonds is 4. The number of fused-ring (bicyclic) bond motifs is 2. The summed E-state index contributed by atoms with van der Waals surface area (Å²) in [6, 6.07) is 18.3. The summed E-state index contributed by atoms with van der Waals surface area (Å²) in [5.41, 5.74) is 2.05. The fourth-order valence-electron chi connectivity index (χ4n) is 4.34. The van der Waals surface area contributed by atoms with Crippen LogP contribution >= 0.6 is 0 Å². The highest BCUT2D eigenvalue weighted by Crippen LogP contribution is 2.36. The van der Waals surface area contributed by atoms with Crippen LogP contribution in [0.15, 0.2) is 54.6 Å². The van der Waals surface area contributed by atoms with Gasteiger partial charge >= 0.3 is 6.03 Å². The van der Waals surface area contributed by atoms with E-state index >= 15 is 0 Å². The van der Waals surface area contributed by atoms with Gasteiger partial charge in [-0.05, 0) is 55.5 Å². The van der Waals surface area contributed by atoms with Crippen LogP contribution in [-0.4, -0.2) is 34.2 Å². The molecule has 2 fully saturated rings. The van der Waals surface area contributed by atoms with E-state index in [1.54, 1.807) is 24.3 Å². The van der Waals surface area contributed by atoms with Gasteiger partial charge in [0.15, 0.2) is 0 Å². The summed E-state index contributed by atoms with van der Waals surface area (Å²) in [4.78, 5) is 14.9. The third kappa shape index (κ3) is 3.83. The van der Waals surface area contributed by atoms with Gasteiger partial charge in [0.2, 0.25) is 0 Å². The quantitative estimate of drug-likeness (QED) is 0.736. The molecule has 0 aliphatic carbocycles. The second kappa shape index (κ2) is 7.38. The number of phenolic OH excluding ortho intramolecular Hbond substituents is 1. The molecule has 2 bridgehead atoms. The number of piperidine rings is 1. The van der Waals surface area contributed by atoms with Crippen LogP contribution in [0.2, 0.25) is 0 Å². The molecule has 0 aromatic heterocycles. The smallest absolute Gasteiger partial charge is 0.319 e. The number of urea groups is 1. The van der Waals surface area contributed by atoms with Crippen LogP contribution in [-0.2, 0) is 6.54 Å². The van der Waals surface area contributed by atoms with Crippen molar-refractivity contribution >= 4 is 11.7 Å². The number of carbonyl (C=O) groups is 1. The van der Waals surface area contributed by atoms with Crippen molar-refractivity contribution in [2.45, 2.75) is 50.4 Å². The summed E-state index contributed by atoms with van der Waals surface area (Å²) in [5, 5.41) is 15.3. The van der Waals surface area contributed by atoms with Crippen molar-refractivity contribution in [2.75, 3.05) is 5.32 Å². The molecule has 2 aromatic rings. The van der Waals surface area contributed by atoms with E-state index < -0.39 is 0 Å². The monoisotopic (exact) mass is 351 g/mol. The summed E-state index contributed by atoms with van der Waals surface area (Å²) in [6.45, 7) is 1.00. The highest BCUT2D eigenvalue weighted by Gasteiger charge is 2.40. The SMILES string of the molecule is O=C(Nc1ccc(O)cc1)NC1CC2CCC(C1)N2Cc1ccccc1. The summed E-state index contributed by atoms with van der Waals surface area (Å²) in [6.07, 6.45) is 4.45. The fourth-order valence-corrected chi connectivity index (χ4v) is 4.34. The summed E-state index contributed by atoms with van der Waals surface area (Å²) in [5.74, 6) is 0.193. The van der Waals surface area contributed by atoms with E-state index in [-0.39, 0.29) is 17.8 Å². The van der Waals surface area contributed by atoms with E-state index in [4.69, 9.17) is 0 Å². The number of anilines is 1. The second-order valence-electron chi connectivity index (χ2n) is 7.36. The van der Waals surface area contributed by atoms with Gasteiger partial charge < -0.3 is 15.7 Å². The topological polar surface area (TPSA) is 64.6 Å². The van der Waals surface area contributed by atoms with Crippen molar-refractivity contribution in [2.24, 2.45) is 0 Å². The maximum Gasteiger partial charge on any atom is 0.319 e. The number of hydrogen-bond donors (Lipinski definition) is 3. The predicted octanol–water partition coefficient (Wildman–Crippen LogP) is 3.71. The predicted molar refractivity (Wildman–Crippen MR) is 102 cm³/mol. The molecular formula is C21H25N3O2. The van der Waals surface area contributed by atoms with Gasteiger partial charge in [-0.3, -0.25) is 4.90 Å². The Balaban J connectivity index is 1.32. The Kier molecular flexibility index (Phi) is 4.80. The van der Waals surface area contributed by atoms with Crippen LogP contribution < -0.4 is 10.6 Å². The van der Waals surface area contributed by atoms with Crippen molar-refractivity contribution in [1.82, 2.24) is 10.2 Å². The van der Waals surface area contributed by atoms with E-state index in [1.807, 2.05) is 0 Å². The first kappa shape index (κ1) is 16.9. The molecule has 5 heteroatoms. The van der Waals surface area contributed by atoms with Gasteiger partial charge in [0.05, 0.1) is 0 Å². The van der Waals surface area contributed by atoms with Gasteiger partial charge in [-0.2, -0.15) is 0 Å². The van der Waals surface area contributed by atoms with Crippen molar-refractivity contribution in [3.63, 3.8) is 0 Å². The Hall–Kier alpha value is -2.53. The zero-order valence-corrected chi connectivity index (χ0v) is 14.8. The van der Waals surface area contributed by atoms with Crippen LogP contribution in [0.1, 0.15) is 31.2 Å². The van der Waals surface area contributed by atoms with E-state index in [1.165, 1.54) is 18.4 Å². The third-order valence-corrected chi connectivity index (χ3v) is 5.55. The van der Waals surface area contributed by atoms with Crippen molar-refractivity contribution in [1.29, 1.82) is 0 Å². The average molecular weight is 351 g/mol. The first-order valence-electron chi connectivity index (χ1n) is 9.33. The minimum absolute atomic E-state index is 0.170. The number of benzene rings is 2. The molecule has 2 atom stereocenters. The molecule has 0 radical (unpaired) electrons. The molecule has 0 saturated carbocycles. The van der Waals surface area contributed by atoms with Crippen molar-refractivity contribution in [3.8, 4) is 5.75 Å². The van der Waals surface area contributed by atoms with Gasteiger partial charge in [-0.25, -0.2) is 4.79 Å². The summed E-state index contributed by atoms with van der Waals surface area (Å²) < 4.78 is 0. The third-order valence-electron chi connectivity index (χ3n) is 5.55. The lowest BCUT2D eigenvalue weighted by atomic mass is 9.96. The largest absolute Gasteiger partial charge is 0.508 e. The summed E-state index contributed by atoms with van der Waals surface area (Å²) in [7, 11) is 0. The van der Waals surface area contributed by atoms with Crippen LogP contribution in [0.4, 0.5) is 10.5 Å². The molecule has 2 amide bonds. The standard InChI is InChI=1S/C21H25N3O2/c25-20-10-6-16(7-11-20)22-21(26)23-17-12-18-8-9-19(13-17)24(18)14-15-4-2-1-3-5-15/h1-7,10-11,17-19,25H,8-9,12-14H2,(H2,22,23,26). The molecule has 4 rings (SSSR count). The Morgan fingerprint density at radius 2 is 1.65 bits per heavy atom. The van der Waals surface area contributed by atoms with E-state index in [0.29, 0.717) is 17.8 Å². The Morgan fingerprint density at radius 3 is 2.31 bits per heavy atom. The second-order valence-corrected chi connectivity index (χ2v) is 7.36. The number of nitrogens with zero attached hydrogens (tertiary/aromatic N) is 1. The van der Waals surface area contributed by atoms with E-state index in [2.05, 4.69) is 45.9 Å². The van der Waals surface area contributed by atoms with Crippen LogP contribution in [0.3, 0.4) is 0 Å². The van der Waals surface area contributed by atoms with Crippen molar-refractivity contribution < 1.29 is 9.90 Å². The number of aromatic hydroxyl groups is 1. The highest BCUT2D eigenvalue weighted by atomic mass is 16.3. The molecule has 136 valence electrons. The number of phenols is 1. The molecule has 2 saturated heterocycles. The minimum Gasteiger partial charge on any atom is -0.508 e. The molecule has 2 unspecified atom stereocenters. The molecule has 5 nitrogen and oxygen atoms in total. The van der Waals surface area contributed by atoms with Crippen molar-refractivity contribution in [3.05, 3.63) is 60.2 Å². The Morgan fingerprint density at radius 1 is 1.00 bits per heavy atom. The number of hydrogen-bond acceptors (Lipinski definition) is 3. The number of amides is 2. The maximum atomic E-state index is 12.3. The lowest BCUT2D eigenvalue weighted by Crippen LogP contribution is -2.50. The van der Waals surface area contributed by atoms with Gasteiger partial charge in [0.25, 0.3) is 0 Å². The highest BCUT2D eigenvalue weighted by molar-refractivity contribution is 5.89. The molecule has 2 aromatic carbocycles. The molecule has 3 N–H and O–H groups in total. The Labute approximate surface area is 154 Å². The molecule has 2 heterocycles. The van der Waals surface area contributed by atoms with E-state index in [0.717, 1.165) is 19.4 Å². The molecule has 2 aliphatic heterocycles. The van der Waals surface area contributed by atoms with Gasteiger partial charge in [-0.1, -0.05) is 30.3 Å². The minimum atomic E-state index is -0.170. The molecule has 26 heavy (non-hydrogen) atoms. The van der Waals surface area contributed by atoms with Crippen LogP contribution in [0.25, 0.3) is 0 Å². The molecular weight excluding hydrogens is 326 g/mol.